The molecule has 2 bridgehead atoms. The Bertz CT molecular complexity index is 523. The van der Waals surface area contributed by atoms with E-state index < -0.39 is 0 Å². The van der Waals surface area contributed by atoms with Crippen molar-refractivity contribution in [2.75, 3.05) is 14.2 Å². The maximum atomic E-state index is 12.8. The lowest BCUT2D eigenvalue weighted by atomic mass is 9.77. The molecule has 2 unspecified atom stereocenters. The number of Topliss-reactive ketones (excluding diaryl/α,β-unsaturated/α-hetero) is 1. The van der Waals surface area contributed by atoms with E-state index >= 15 is 0 Å². The number of rotatable bonds is 4. The van der Waals surface area contributed by atoms with E-state index in [1.165, 1.54) is 26.8 Å². The Morgan fingerprint density at radius 1 is 1.24 bits per heavy atom. The van der Waals surface area contributed by atoms with Gasteiger partial charge in [-0.2, -0.15) is 4.98 Å². The third kappa shape index (κ3) is 2.85. The molecule has 3 heterocycles. The lowest BCUT2D eigenvalue weighted by Crippen LogP contribution is -2.50. The van der Waals surface area contributed by atoms with Gasteiger partial charge < -0.3 is 14.8 Å². The second-order valence-corrected chi connectivity index (χ2v) is 5.80. The predicted molar refractivity (Wildman–Crippen MR) is 76.8 cm³/mol. The monoisotopic (exact) mass is 291 g/mol. The van der Waals surface area contributed by atoms with Crippen LogP contribution in [0.3, 0.4) is 0 Å². The molecule has 0 amide bonds. The van der Waals surface area contributed by atoms with Crippen LogP contribution in [0.25, 0.3) is 0 Å². The van der Waals surface area contributed by atoms with E-state index in [1.807, 2.05) is 0 Å². The first kappa shape index (κ1) is 14.3. The van der Waals surface area contributed by atoms with Crippen LogP contribution in [-0.2, 0) is 0 Å². The van der Waals surface area contributed by atoms with Gasteiger partial charge in [-0.3, -0.25) is 4.79 Å². The van der Waals surface area contributed by atoms with Crippen LogP contribution < -0.4 is 14.8 Å². The standard InChI is InChI=1S/C15H21N3O3/c1-20-14-12(8-16-15(18-14)21-2)13(19)9-6-10-4-3-5-11(7-9)17-10/h8-11,17H,3-7H2,1-2H3. The van der Waals surface area contributed by atoms with Crippen molar-refractivity contribution in [2.24, 2.45) is 5.92 Å². The number of fused-ring (bicyclic) bond motifs is 2. The zero-order chi connectivity index (χ0) is 14.8. The summed E-state index contributed by atoms with van der Waals surface area (Å²) in [6.45, 7) is 0. The molecule has 3 rings (SSSR count). The third-order valence-electron chi connectivity index (χ3n) is 4.46. The molecule has 2 fully saturated rings. The highest BCUT2D eigenvalue weighted by Crippen LogP contribution is 2.33. The highest BCUT2D eigenvalue weighted by molar-refractivity contribution is 5.99. The summed E-state index contributed by atoms with van der Waals surface area (Å²) in [4.78, 5) is 20.9. The van der Waals surface area contributed by atoms with Gasteiger partial charge in [0, 0.05) is 24.2 Å². The molecule has 0 aromatic carbocycles. The van der Waals surface area contributed by atoms with Gasteiger partial charge in [-0.15, -0.1) is 0 Å². The van der Waals surface area contributed by atoms with Crippen LogP contribution >= 0.6 is 0 Å². The van der Waals surface area contributed by atoms with Gasteiger partial charge in [-0.05, 0) is 25.7 Å². The first-order valence-corrected chi connectivity index (χ1v) is 7.46. The molecule has 2 aliphatic rings. The van der Waals surface area contributed by atoms with Gasteiger partial charge in [0.05, 0.1) is 19.8 Å². The summed E-state index contributed by atoms with van der Waals surface area (Å²) in [6.07, 6.45) is 6.89. The molecule has 6 nitrogen and oxygen atoms in total. The minimum atomic E-state index is 0.0347. The van der Waals surface area contributed by atoms with E-state index in [2.05, 4.69) is 15.3 Å². The van der Waals surface area contributed by atoms with Crippen molar-refractivity contribution in [3.05, 3.63) is 11.8 Å². The molecule has 1 aromatic heterocycles. The van der Waals surface area contributed by atoms with E-state index in [-0.39, 0.29) is 17.7 Å². The van der Waals surface area contributed by atoms with Gasteiger partial charge in [-0.1, -0.05) is 6.42 Å². The maximum Gasteiger partial charge on any atom is 0.319 e. The number of piperidine rings is 2. The van der Waals surface area contributed by atoms with Crippen molar-refractivity contribution in [1.82, 2.24) is 15.3 Å². The van der Waals surface area contributed by atoms with Crippen molar-refractivity contribution >= 4 is 5.78 Å². The second-order valence-electron chi connectivity index (χ2n) is 5.80. The van der Waals surface area contributed by atoms with Crippen LogP contribution in [0.15, 0.2) is 6.20 Å². The van der Waals surface area contributed by atoms with Gasteiger partial charge in [0.25, 0.3) is 0 Å². The number of ether oxygens (including phenoxy) is 2. The summed E-state index contributed by atoms with van der Waals surface area (Å²) in [5.74, 6) is 0.427. The average molecular weight is 291 g/mol. The van der Waals surface area contributed by atoms with Crippen LogP contribution in [0.1, 0.15) is 42.5 Å². The van der Waals surface area contributed by atoms with Gasteiger partial charge in [0.1, 0.15) is 0 Å². The van der Waals surface area contributed by atoms with Crippen molar-refractivity contribution in [1.29, 1.82) is 0 Å². The van der Waals surface area contributed by atoms with E-state index in [1.54, 1.807) is 0 Å². The van der Waals surface area contributed by atoms with Crippen molar-refractivity contribution < 1.29 is 14.3 Å². The lowest BCUT2D eigenvalue weighted by Gasteiger charge is -2.39. The lowest BCUT2D eigenvalue weighted by molar-refractivity contribution is 0.0820. The summed E-state index contributed by atoms with van der Waals surface area (Å²) in [7, 11) is 3.00. The quantitative estimate of drug-likeness (QED) is 0.849. The van der Waals surface area contributed by atoms with Gasteiger partial charge in [-0.25, -0.2) is 4.98 Å². The highest BCUT2D eigenvalue weighted by Gasteiger charge is 2.36. The maximum absolute atomic E-state index is 12.8. The Hall–Kier alpha value is -1.69. The van der Waals surface area contributed by atoms with Crippen LogP contribution in [0, 0.1) is 5.92 Å². The molecule has 2 atom stereocenters. The van der Waals surface area contributed by atoms with Crippen LogP contribution in [0.5, 0.6) is 11.9 Å². The number of hydrogen-bond donors (Lipinski definition) is 1. The van der Waals surface area contributed by atoms with Crippen molar-refractivity contribution in [3.8, 4) is 11.9 Å². The number of aromatic nitrogens is 2. The Kier molecular flexibility index (Phi) is 4.05. The Morgan fingerprint density at radius 3 is 2.57 bits per heavy atom. The minimum absolute atomic E-state index is 0.0347. The van der Waals surface area contributed by atoms with E-state index in [0.717, 1.165) is 25.7 Å². The fraction of sp³-hybridized carbons (Fsp3) is 0.667. The normalized spacial score (nSPS) is 28.0. The second kappa shape index (κ2) is 5.97. The number of carbonyl (C=O) groups is 1. The third-order valence-corrected chi connectivity index (χ3v) is 4.46. The molecule has 2 aliphatic heterocycles. The zero-order valence-corrected chi connectivity index (χ0v) is 12.5. The molecule has 6 heteroatoms. The molecule has 2 saturated heterocycles. The smallest absolute Gasteiger partial charge is 0.319 e. The molecule has 1 N–H and O–H groups in total. The molecule has 0 aliphatic carbocycles. The number of ketones is 1. The summed E-state index contributed by atoms with van der Waals surface area (Å²) in [5, 5.41) is 3.60. The first-order chi connectivity index (χ1) is 10.2. The summed E-state index contributed by atoms with van der Waals surface area (Å²) >= 11 is 0. The molecule has 1 aromatic rings. The number of carbonyl (C=O) groups excluding carboxylic acids is 1. The molecular formula is C15H21N3O3. The summed E-state index contributed by atoms with van der Waals surface area (Å²) < 4.78 is 10.2. The van der Waals surface area contributed by atoms with Crippen LogP contribution in [0.2, 0.25) is 0 Å². The molecule has 114 valence electrons. The molecule has 0 radical (unpaired) electrons. The van der Waals surface area contributed by atoms with E-state index in [4.69, 9.17) is 9.47 Å². The summed E-state index contributed by atoms with van der Waals surface area (Å²) in [5.41, 5.74) is 0.461. The average Bonchev–Trinajstić information content (AvgIpc) is 2.53. The van der Waals surface area contributed by atoms with Gasteiger partial charge in [0.15, 0.2) is 5.78 Å². The Labute approximate surface area is 124 Å². The van der Waals surface area contributed by atoms with Crippen LogP contribution in [-0.4, -0.2) is 42.1 Å². The predicted octanol–water partition coefficient (Wildman–Crippen LogP) is 1.60. The molecule has 0 saturated carbocycles. The molecule has 21 heavy (non-hydrogen) atoms. The van der Waals surface area contributed by atoms with Crippen molar-refractivity contribution in [3.63, 3.8) is 0 Å². The molecule has 0 spiro atoms. The topological polar surface area (TPSA) is 73.3 Å². The van der Waals surface area contributed by atoms with E-state index in [9.17, 15) is 4.79 Å². The van der Waals surface area contributed by atoms with Gasteiger partial charge in [0.2, 0.25) is 5.88 Å². The number of hydrogen-bond acceptors (Lipinski definition) is 6. The molecular weight excluding hydrogens is 270 g/mol. The first-order valence-electron chi connectivity index (χ1n) is 7.46. The van der Waals surface area contributed by atoms with Crippen molar-refractivity contribution in [2.45, 2.75) is 44.2 Å². The SMILES string of the molecule is COc1ncc(C(=O)C2CC3CCCC(C2)N3)c(OC)n1. The fourth-order valence-corrected chi connectivity index (χ4v) is 3.47. The number of nitrogens with zero attached hydrogens (tertiary/aromatic N) is 2. The minimum Gasteiger partial charge on any atom is -0.480 e. The van der Waals surface area contributed by atoms with Crippen LogP contribution in [0.4, 0.5) is 0 Å². The summed E-state index contributed by atoms with van der Waals surface area (Å²) in [6, 6.07) is 1.15. The largest absolute Gasteiger partial charge is 0.480 e. The Morgan fingerprint density at radius 2 is 1.95 bits per heavy atom. The Balaban J connectivity index is 1.81. The highest BCUT2D eigenvalue weighted by atomic mass is 16.5. The van der Waals surface area contributed by atoms with Gasteiger partial charge >= 0.3 is 6.01 Å². The zero-order valence-electron chi connectivity index (χ0n) is 12.5. The van der Waals surface area contributed by atoms with E-state index in [0.29, 0.717) is 23.5 Å². The number of methoxy groups -OCH3 is 2. The fourth-order valence-electron chi connectivity index (χ4n) is 3.47. The number of nitrogens with one attached hydrogen (secondary N) is 1.